The van der Waals surface area contributed by atoms with Gasteiger partial charge in [0.25, 0.3) is 0 Å². The number of ether oxygens (including phenoxy) is 1. The van der Waals surface area contributed by atoms with Crippen LogP contribution in [0.2, 0.25) is 0 Å². The highest BCUT2D eigenvalue weighted by Crippen LogP contribution is 2.37. The fourth-order valence-corrected chi connectivity index (χ4v) is 3.16. The van der Waals surface area contributed by atoms with Crippen molar-refractivity contribution < 1.29 is 9.84 Å². The number of aliphatic hydroxyl groups is 1. The van der Waals surface area contributed by atoms with Gasteiger partial charge in [-0.15, -0.1) is 0 Å². The molecule has 1 aromatic carbocycles. The van der Waals surface area contributed by atoms with Crippen molar-refractivity contribution in [1.82, 2.24) is 0 Å². The van der Waals surface area contributed by atoms with Crippen molar-refractivity contribution in [3.05, 3.63) is 27.7 Å². The molecule has 1 aliphatic rings. The quantitative estimate of drug-likeness (QED) is 0.894. The Bertz CT molecular complexity index is 411. The van der Waals surface area contributed by atoms with Crippen LogP contribution in [0.1, 0.15) is 49.3 Å². The third-order valence-corrected chi connectivity index (χ3v) is 4.76. The van der Waals surface area contributed by atoms with E-state index in [0.717, 1.165) is 27.8 Å². The predicted octanol–water partition coefficient (Wildman–Crippen LogP) is 4.38. The number of aryl methyl sites for hydroxylation is 1. The van der Waals surface area contributed by atoms with Gasteiger partial charge < -0.3 is 9.84 Å². The molecule has 3 heteroatoms. The van der Waals surface area contributed by atoms with E-state index in [1.165, 1.54) is 25.7 Å². The van der Waals surface area contributed by atoms with Crippen LogP contribution in [0.4, 0.5) is 0 Å². The minimum atomic E-state index is -0.417. The second-order valence-electron chi connectivity index (χ2n) is 5.25. The SMILES string of the molecule is COc1cc(C)c(Br)cc1C(O)CC1CCCC1. The number of rotatable bonds is 4. The topological polar surface area (TPSA) is 29.5 Å². The van der Waals surface area contributed by atoms with Gasteiger partial charge in [-0.25, -0.2) is 0 Å². The highest BCUT2D eigenvalue weighted by atomic mass is 79.9. The van der Waals surface area contributed by atoms with Crippen LogP contribution in [-0.2, 0) is 0 Å². The summed E-state index contributed by atoms with van der Waals surface area (Å²) in [5.41, 5.74) is 2.03. The van der Waals surface area contributed by atoms with Crippen LogP contribution in [0.3, 0.4) is 0 Å². The van der Waals surface area contributed by atoms with E-state index in [9.17, 15) is 5.11 Å². The summed E-state index contributed by atoms with van der Waals surface area (Å²) < 4.78 is 6.42. The number of methoxy groups -OCH3 is 1. The van der Waals surface area contributed by atoms with E-state index in [-0.39, 0.29) is 0 Å². The highest BCUT2D eigenvalue weighted by molar-refractivity contribution is 9.10. The summed E-state index contributed by atoms with van der Waals surface area (Å²) in [6, 6.07) is 3.98. The normalized spacial score (nSPS) is 18.0. The molecule has 1 atom stereocenters. The Morgan fingerprint density at radius 1 is 1.39 bits per heavy atom. The second-order valence-corrected chi connectivity index (χ2v) is 6.10. The fraction of sp³-hybridized carbons (Fsp3) is 0.600. The van der Waals surface area contributed by atoms with Gasteiger partial charge in [-0.2, -0.15) is 0 Å². The maximum absolute atomic E-state index is 10.4. The number of benzene rings is 1. The maximum Gasteiger partial charge on any atom is 0.125 e. The van der Waals surface area contributed by atoms with Gasteiger partial charge in [0.15, 0.2) is 0 Å². The van der Waals surface area contributed by atoms with Crippen LogP contribution >= 0.6 is 15.9 Å². The number of hydrogen-bond acceptors (Lipinski definition) is 2. The summed E-state index contributed by atoms with van der Waals surface area (Å²) in [6.07, 6.45) is 5.57. The zero-order valence-electron chi connectivity index (χ0n) is 11.1. The fourth-order valence-electron chi connectivity index (χ4n) is 2.80. The van der Waals surface area contributed by atoms with Gasteiger partial charge in [-0.3, -0.25) is 0 Å². The largest absolute Gasteiger partial charge is 0.496 e. The Hall–Kier alpha value is -0.540. The Kier molecular flexibility index (Phi) is 4.68. The standard InChI is InChI=1S/C15H21BrO2/c1-10-7-15(18-2)12(9-13(10)16)14(17)8-11-5-3-4-6-11/h7,9,11,14,17H,3-6,8H2,1-2H3. The summed E-state index contributed by atoms with van der Waals surface area (Å²) in [7, 11) is 1.66. The maximum atomic E-state index is 10.4. The highest BCUT2D eigenvalue weighted by Gasteiger charge is 2.22. The number of aliphatic hydroxyl groups excluding tert-OH is 1. The summed E-state index contributed by atoms with van der Waals surface area (Å²) in [4.78, 5) is 0. The van der Waals surface area contributed by atoms with Gasteiger partial charge in [0.2, 0.25) is 0 Å². The van der Waals surface area contributed by atoms with E-state index < -0.39 is 6.10 Å². The van der Waals surface area contributed by atoms with Crippen LogP contribution in [0.25, 0.3) is 0 Å². The van der Waals surface area contributed by atoms with E-state index >= 15 is 0 Å². The lowest BCUT2D eigenvalue weighted by Crippen LogP contribution is -2.06. The summed E-state index contributed by atoms with van der Waals surface area (Å²) in [6.45, 7) is 2.03. The van der Waals surface area contributed by atoms with Crippen molar-refractivity contribution in [1.29, 1.82) is 0 Å². The Morgan fingerprint density at radius 2 is 2.06 bits per heavy atom. The van der Waals surface area contributed by atoms with Gasteiger partial charge in [0.1, 0.15) is 5.75 Å². The third-order valence-electron chi connectivity index (χ3n) is 3.90. The van der Waals surface area contributed by atoms with Crippen LogP contribution in [0.5, 0.6) is 5.75 Å². The lowest BCUT2D eigenvalue weighted by Gasteiger charge is -2.19. The Labute approximate surface area is 117 Å². The zero-order valence-corrected chi connectivity index (χ0v) is 12.7. The van der Waals surface area contributed by atoms with Crippen LogP contribution in [0, 0.1) is 12.8 Å². The van der Waals surface area contributed by atoms with Crippen molar-refractivity contribution in [2.24, 2.45) is 5.92 Å². The summed E-state index contributed by atoms with van der Waals surface area (Å²) in [5, 5.41) is 10.4. The van der Waals surface area contributed by atoms with E-state index in [1.54, 1.807) is 7.11 Å². The van der Waals surface area contributed by atoms with E-state index in [0.29, 0.717) is 5.92 Å². The average Bonchev–Trinajstić information content (AvgIpc) is 2.84. The molecule has 1 saturated carbocycles. The van der Waals surface area contributed by atoms with Gasteiger partial charge in [0.05, 0.1) is 13.2 Å². The van der Waals surface area contributed by atoms with E-state index in [1.807, 2.05) is 19.1 Å². The van der Waals surface area contributed by atoms with Crippen LogP contribution in [0.15, 0.2) is 16.6 Å². The molecule has 0 aliphatic heterocycles. The third kappa shape index (κ3) is 3.07. The Balaban J connectivity index is 2.17. The van der Waals surface area contributed by atoms with Crippen molar-refractivity contribution in [2.45, 2.75) is 45.1 Å². The minimum Gasteiger partial charge on any atom is -0.496 e. The first-order valence-corrected chi connectivity index (χ1v) is 7.43. The van der Waals surface area contributed by atoms with E-state index in [4.69, 9.17) is 4.74 Å². The molecule has 2 nitrogen and oxygen atoms in total. The summed E-state index contributed by atoms with van der Waals surface area (Å²) in [5.74, 6) is 1.46. The monoisotopic (exact) mass is 312 g/mol. The number of hydrogen-bond donors (Lipinski definition) is 1. The zero-order chi connectivity index (χ0) is 13.1. The van der Waals surface area contributed by atoms with E-state index in [2.05, 4.69) is 15.9 Å². The lowest BCUT2D eigenvalue weighted by atomic mass is 9.94. The van der Waals surface area contributed by atoms with Gasteiger partial charge >= 0.3 is 0 Å². The molecule has 18 heavy (non-hydrogen) atoms. The predicted molar refractivity (Wildman–Crippen MR) is 77.0 cm³/mol. The molecule has 100 valence electrons. The molecular formula is C15H21BrO2. The van der Waals surface area contributed by atoms with Crippen molar-refractivity contribution in [3.63, 3.8) is 0 Å². The molecule has 0 aromatic heterocycles. The second kappa shape index (κ2) is 6.07. The molecule has 0 bridgehead atoms. The summed E-state index contributed by atoms with van der Waals surface area (Å²) >= 11 is 3.52. The molecule has 0 saturated heterocycles. The van der Waals surface area contributed by atoms with Gasteiger partial charge in [0, 0.05) is 10.0 Å². The first kappa shape index (κ1) is 13.9. The smallest absolute Gasteiger partial charge is 0.125 e. The first-order chi connectivity index (χ1) is 8.61. The lowest BCUT2D eigenvalue weighted by molar-refractivity contribution is 0.141. The van der Waals surface area contributed by atoms with Crippen LogP contribution < -0.4 is 4.74 Å². The molecule has 0 amide bonds. The molecule has 1 fully saturated rings. The molecule has 1 aliphatic carbocycles. The molecular weight excluding hydrogens is 292 g/mol. The first-order valence-electron chi connectivity index (χ1n) is 6.64. The molecule has 2 rings (SSSR count). The van der Waals surface area contributed by atoms with Gasteiger partial charge in [-0.1, -0.05) is 41.6 Å². The molecule has 0 heterocycles. The average molecular weight is 313 g/mol. The number of halogens is 1. The minimum absolute atomic E-state index is 0.417. The van der Waals surface area contributed by atoms with Gasteiger partial charge in [-0.05, 0) is 37.0 Å². The van der Waals surface area contributed by atoms with Crippen molar-refractivity contribution in [3.8, 4) is 5.75 Å². The molecule has 0 radical (unpaired) electrons. The Morgan fingerprint density at radius 3 is 2.67 bits per heavy atom. The van der Waals surface area contributed by atoms with Crippen LogP contribution in [-0.4, -0.2) is 12.2 Å². The van der Waals surface area contributed by atoms with Crippen molar-refractivity contribution in [2.75, 3.05) is 7.11 Å². The molecule has 0 spiro atoms. The van der Waals surface area contributed by atoms with Crippen molar-refractivity contribution >= 4 is 15.9 Å². The molecule has 1 N–H and O–H groups in total. The molecule has 1 unspecified atom stereocenters. The molecule has 1 aromatic rings.